The summed E-state index contributed by atoms with van der Waals surface area (Å²) in [7, 11) is 1.40. The van der Waals surface area contributed by atoms with Gasteiger partial charge in [0.15, 0.2) is 17.4 Å². The van der Waals surface area contributed by atoms with Crippen LogP contribution in [0.5, 0.6) is 5.75 Å². The quantitative estimate of drug-likeness (QED) is 0.704. The van der Waals surface area contributed by atoms with Crippen LogP contribution in [0.4, 0.5) is 10.2 Å². The Bertz CT molecular complexity index is 1010. The van der Waals surface area contributed by atoms with Gasteiger partial charge >= 0.3 is 0 Å². The fraction of sp³-hybridized carbons (Fsp3) is 0.238. The van der Waals surface area contributed by atoms with E-state index in [0.717, 1.165) is 17.1 Å². The average molecular weight is 415 g/mol. The number of hydrogen-bond acceptors (Lipinski definition) is 4. The first-order valence-corrected chi connectivity index (χ1v) is 9.62. The molecule has 1 amide bonds. The Morgan fingerprint density at radius 1 is 1.10 bits per heavy atom. The molecule has 1 aromatic heterocycles. The highest BCUT2D eigenvalue weighted by molar-refractivity contribution is 6.30. The molecular formula is C21H20ClFN4O2. The van der Waals surface area contributed by atoms with E-state index in [-0.39, 0.29) is 11.7 Å². The van der Waals surface area contributed by atoms with Crippen molar-refractivity contribution < 1.29 is 13.9 Å². The molecule has 2 aromatic carbocycles. The SMILES string of the molecule is COc1ccc(C(=O)N2CCN(c3cc(-c4ccc(Cl)cc4)[nH]n3)CC2)cc1F. The summed E-state index contributed by atoms with van der Waals surface area (Å²) in [6.45, 7) is 2.37. The van der Waals surface area contributed by atoms with Gasteiger partial charge < -0.3 is 14.5 Å². The van der Waals surface area contributed by atoms with Crippen molar-refractivity contribution >= 4 is 23.3 Å². The molecule has 1 N–H and O–H groups in total. The summed E-state index contributed by atoms with van der Waals surface area (Å²) in [6.07, 6.45) is 0. The van der Waals surface area contributed by atoms with Gasteiger partial charge in [-0.05, 0) is 35.9 Å². The first-order valence-electron chi connectivity index (χ1n) is 9.24. The Morgan fingerprint density at radius 3 is 2.48 bits per heavy atom. The van der Waals surface area contributed by atoms with Crippen LogP contribution in [0.1, 0.15) is 10.4 Å². The monoisotopic (exact) mass is 414 g/mol. The number of carbonyl (C=O) groups excluding carboxylic acids is 1. The summed E-state index contributed by atoms with van der Waals surface area (Å²) >= 11 is 5.94. The molecule has 1 fully saturated rings. The molecule has 1 saturated heterocycles. The van der Waals surface area contributed by atoms with Crippen LogP contribution >= 0.6 is 11.6 Å². The molecular weight excluding hydrogens is 395 g/mol. The Balaban J connectivity index is 1.40. The van der Waals surface area contributed by atoms with Crippen molar-refractivity contribution in [3.05, 3.63) is 64.9 Å². The minimum absolute atomic E-state index is 0.126. The Morgan fingerprint density at radius 2 is 1.83 bits per heavy atom. The Hall–Kier alpha value is -3.06. The molecule has 0 saturated carbocycles. The van der Waals surface area contributed by atoms with Gasteiger partial charge in [0, 0.05) is 42.8 Å². The van der Waals surface area contributed by atoms with Crippen LogP contribution in [-0.2, 0) is 0 Å². The van der Waals surface area contributed by atoms with Crippen LogP contribution in [-0.4, -0.2) is 54.3 Å². The molecule has 4 rings (SSSR count). The number of carbonyl (C=O) groups is 1. The number of halogens is 2. The number of nitrogens with one attached hydrogen (secondary N) is 1. The number of methoxy groups -OCH3 is 1. The highest BCUT2D eigenvalue weighted by Gasteiger charge is 2.24. The van der Waals surface area contributed by atoms with E-state index < -0.39 is 5.82 Å². The molecule has 0 aliphatic carbocycles. The lowest BCUT2D eigenvalue weighted by Crippen LogP contribution is -2.49. The fourth-order valence-electron chi connectivity index (χ4n) is 3.37. The molecule has 0 spiro atoms. The molecule has 2 heterocycles. The molecule has 0 bridgehead atoms. The average Bonchev–Trinajstić information content (AvgIpc) is 3.24. The maximum atomic E-state index is 13.9. The van der Waals surface area contributed by atoms with Crippen molar-refractivity contribution in [1.82, 2.24) is 15.1 Å². The van der Waals surface area contributed by atoms with Crippen molar-refractivity contribution in [2.45, 2.75) is 0 Å². The van der Waals surface area contributed by atoms with E-state index in [1.807, 2.05) is 30.3 Å². The first kappa shape index (κ1) is 19.3. The summed E-state index contributed by atoms with van der Waals surface area (Å²) in [5.41, 5.74) is 2.23. The second kappa shape index (κ2) is 8.13. The number of piperazine rings is 1. The van der Waals surface area contributed by atoms with Crippen molar-refractivity contribution in [1.29, 1.82) is 0 Å². The predicted octanol–water partition coefficient (Wildman–Crippen LogP) is 3.84. The standard InChI is InChI=1S/C21H20ClFN4O2/c1-29-19-7-4-15(12-17(19)23)21(28)27-10-8-26(9-11-27)20-13-18(24-25-20)14-2-5-16(22)6-3-14/h2-7,12-13H,8-11H2,1H3,(H,24,25). The van der Waals surface area contributed by atoms with Crippen molar-refractivity contribution in [2.75, 3.05) is 38.2 Å². The summed E-state index contributed by atoms with van der Waals surface area (Å²) in [6, 6.07) is 13.8. The van der Waals surface area contributed by atoms with E-state index >= 15 is 0 Å². The zero-order valence-electron chi connectivity index (χ0n) is 15.9. The van der Waals surface area contributed by atoms with Gasteiger partial charge in [-0.1, -0.05) is 23.7 Å². The summed E-state index contributed by atoms with van der Waals surface area (Å²) in [4.78, 5) is 16.5. The van der Waals surface area contributed by atoms with Gasteiger partial charge in [0.2, 0.25) is 0 Å². The number of ether oxygens (including phenoxy) is 1. The topological polar surface area (TPSA) is 61.5 Å². The molecule has 0 radical (unpaired) electrons. The smallest absolute Gasteiger partial charge is 0.254 e. The number of aromatic amines is 1. The van der Waals surface area contributed by atoms with Crippen LogP contribution in [0.3, 0.4) is 0 Å². The van der Waals surface area contributed by atoms with Gasteiger partial charge in [0.05, 0.1) is 12.8 Å². The highest BCUT2D eigenvalue weighted by Crippen LogP contribution is 2.25. The molecule has 0 atom stereocenters. The van der Waals surface area contributed by atoms with E-state index in [4.69, 9.17) is 16.3 Å². The summed E-state index contributed by atoms with van der Waals surface area (Å²) in [5, 5.41) is 8.13. The Labute approximate surface area is 172 Å². The minimum Gasteiger partial charge on any atom is -0.494 e. The predicted molar refractivity (Wildman–Crippen MR) is 110 cm³/mol. The number of anilines is 1. The Kier molecular flexibility index (Phi) is 5.40. The van der Waals surface area contributed by atoms with E-state index in [1.165, 1.54) is 19.2 Å². The van der Waals surface area contributed by atoms with Crippen LogP contribution in [0.15, 0.2) is 48.5 Å². The van der Waals surface area contributed by atoms with Crippen LogP contribution in [0.2, 0.25) is 5.02 Å². The van der Waals surface area contributed by atoms with Crippen LogP contribution < -0.4 is 9.64 Å². The third-order valence-corrected chi connectivity index (χ3v) is 5.26. The number of aromatic nitrogens is 2. The third kappa shape index (κ3) is 4.05. The minimum atomic E-state index is -0.539. The third-order valence-electron chi connectivity index (χ3n) is 5.01. The second-order valence-electron chi connectivity index (χ2n) is 6.78. The van der Waals surface area contributed by atoms with E-state index in [1.54, 1.807) is 11.0 Å². The van der Waals surface area contributed by atoms with Crippen molar-refractivity contribution in [3.63, 3.8) is 0 Å². The number of nitrogens with zero attached hydrogens (tertiary/aromatic N) is 3. The maximum Gasteiger partial charge on any atom is 0.254 e. The molecule has 0 unspecified atom stereocenters. The van der Waals surface area contributed by atoms with E-state index in [9.17, 15) is 9.18 Å². The normalized spacial score (nSPS) is 14.2. The van der Waals surface area contributed by atoms with Crippen molar-refractivity contribution in [2.24, 2.45) is 0 Å². The van der Waals surface area contributed by atoms with Gasteiger partial charge in [-0.15, -0.1) is 0 Å². The number of H-pyrrole nitrogens is 1. The number of benzene rings is 2. The van der Waals surface area contributed by atoms with Crippen LogP contribution in [0.25, 0.3) is 11.3 Å². The summed E-state index contributed by atoms with van der Waals surface area (Å²) < 4.78 is 18.8. The lowest BCUT2D eigenvalue weighted by Gasteiger charge is -2.34. The molecule has 8 heteroatoms. The van der Waals surface area contributed by atoms with Gasteiger partial charge in [0.1, 0.15) is 0 Å². The maximum absolute atomic E-state index is 13.9. The molecule has 6 nitrogen and oxygen atoms in total. The van der Waals surface area contributed by atoms with Gasteiger partial charge in [-0.2, -0.15) is 5.10 Å². The lowest BCUT2D eigenvalue weighted by molar-refractivity contribution is 0.0746. The highest BCUT2D eigenvalue weighted by atomic mass is 35.5. The molecule has 29 heavy (non-hydrogen) atoms. The second-order valence-corrected chi connectivity index (χ2v) is 7.21. The van der Waals surface area contributed by atoms with E-state index in [2.05, 4.69) is 15.1 Å². The van der Waals surface area contributed by atoms with Gasteiger partial charge in [0.25, 0.3) is 5.91 Å². The summed E-state index contributed by atoms with van der Waals surface area (Å²) in [5.74, 6) is 0.234. The molecule has 1 aliphatic rings. The van der Waals surface area contributed by atoms with Gasteiger partial charge in [-0.3, -0.25) is 9.89 Å². The first-order chi connectivity index (χ1) is 14.0. The zero-order chi connectivity index (χ0) is 20.4. The van der Waals surface area contributed by atoms with Gasteiger partial charge in [-0.25, -0.2) is 4.39 Å². The van der Waals surface area contributed by atoms with E-state index in [0.29, 0.717) is 36.8 Å². The number of rotatable bonds is 4. The molecule has 3 aromatic rings. The lowest BCUT2D eigenvalue weighted by atomic mass is 10.1. The zero-order valence-corrected chi connectivity index (χ0v) is 16.6. The number of amides is 1. The molecule has 150 valence electrons. The van der Waals surface area contributed by atoms with Crippen LogP contribution in [0, 0.1) is 5.82 Å². The molecule has 1 aliphatic heterocycles. The fourth-order valence-corrected chi connectivity index (χ4v) is 3.50. The number of hydrogen-bond donors (Lipinski definition) is 1. The largest absolute Gasteiger partial charge is 0.494 e. The van der Waals surface area contributed by atoms with Crippen molar-refractivity contribution in [3.8, 4) is 17.0 Å².